The number of aromatic amines is 1. The third-order valence-corrected chi connectivity index (χ3v) is 7.71. The summed E-state index contributed by atoms with van der Waals surface area (Å²) in [5.41, 5.74) is 2.93. The molecule has 0 saturated carbocycles. The van der Waals surface area contributed by atoms with E-state index in [-0.39, 0.29) is 12.2 Å². The van der Waals surface area contributed by atoms with E-state index in [1.165, 1.54) is 10.4 Å². The number of aromatic nitrogens is 4. The molecule has 0 fully saturated rings. The van der Waals surface area contributed by atoms with Crippen LogP contribution in [0.1, 0.15) is 23.8 Å². The number of carbonyl (C=O) groups is 1. The van der Waals surface area contributed by atoms with Crippen molar-refractivity contribution < 1.29 is 23.7 Å². The van der Waals surface area contributed by atoms with Gasteiger partial charge in [-0.25, -0.2) is 14.8 Å². The molecule has 0 radical (unpaired) electrons. The Labute approximate surface area is 224 Å². The smallest absolute Gasteiger partial charge is 0.410 e. The normalized spacial score (nSPS) is 15.0. The second-order valence-corrected chi connectivity index (χ2v) is 10.1. The summed E-state index contributed by atoms with van der Waals surface area (Å²) in [6.07, 6.45) is 4.96. The van der Waals surface area contributed by atoms with Crippen LogP contribution in [0.4, 0.5) is 16.3 Å². The van der Waals surface area contributed by atoms with Gasteiger partial charge in [-0.3, -0.25) is 5.10 Å². The molecule has 1 unspecified atom stereocenters. The van der Waals surface area contributed by atoms with Crippen molar-refractivity contribution in [3.05, 3.63) is 35.1 Å². The van der Waals surface area contributed by atoms with Crippen LogP contribution in [-0.2, 0) is 27.1 Å². The molecule has 0 bridgehead atoms. The first kappa shape index (κ1) is 26.1. The van der Waals surface area contributed by atoms with Crippen molar-refractivity contribution in [2.75, 3.05) is 52.4 Å². The lowest BCUT2D eigenvalue weighted by Crippen LogP contribution is -2.39. The molecule has 0 aliphatic heterocycles. The molecule has 3 aromatic heterocycles. The topological polar surface area (TPSA) is 124 Å². The summed E-state index contributed by atoms with van der Waals surface area (Å²) in [5.74, 6) is 1.45. The number of carbonyl (C=O) groups excluding carboxylic acids is 1. The number of ether oxygens (including phenoxy) is 4. The molecule has 1 aliphatic rings. The maximum atomic E-state index is 12.9. The maximum absolute atomic E-state index is 12.9. The number of fused-ring (bicyclic) bond motifs is 4. The van der Waals surface area contributed by atoms with Crippen LogP contribution >= 0.6 is 11.3 Å². The number of nitrogens with zero attached hydrogens (tertiary/aromatic N) is 4. The molecule has 11 nitrogen and oxygen atoms in total. The highest BCUT2D eigenvalue weighted by atomic mass is 32.1. The van der Waals surface area contributed by atoms with Crippen LogP contribution in [0.25, 0.3) is 21.1 Å². The second-order valence-electron chi connectivity index (χ2n) is 8.99. The van der Waals surface area contributed by atoms with Crippen molar-refractivity contribution in [3.8, 4) is 5.75 Å². The van der Waals surface area contributed by atoms with E-state index in [0.717, 1.165) is 51.2 Å². The quantitative estimate of drug-likeness (QED) is 0.287. The predicted molar refractivity (Wildman–Crippen MR) is 146 cm³/mol. The summed E-state index contributed by atoms with van der Waals surface area (Å²) in [5, 5.41) is 12.6. The minimum absolute atomic E-state index is 0.201. The van der Waals surface area contributed by atoms with E-state index in [4.69, 9.17) is 18.9 Å². The third-order valence-electron chi connectivity index (χ3n) is 6.55. The van der Waals surface area contributed by atoms with Gasteiger partial charge < -0.3 is 29.2 Å². The van der Waals surface area contributed by atoms with Crippen LogP contribution in [-0.4, -0.2) is 84.4 Å². The average Bonchev–Trinajstić information content (AvgIpc) is 3.53. The summed E-state index contributed by atoms with van der Waals surface area (Å²) in [4.78, 5) is 25.7. The summed E-state index contributed by atoms with van der Waals surface area (Å²) in [6.45, 7) is 4.29. The molecule has 12 heteroatoms. The zero-order valence-corrected chi connectivity index (χ0v) is 22.6. The Balaban J connectivity index is 1.36. The van der Waals surface area contributed by atoms with E-state index in [2.05, 4.69) is 25.5 Å². The number of rotatable bonds is 11. The summed E-state index contributed by atoms with van der Waals surface area (Å²) in [7, 11) is 3.23. The molecular weight excluding hydrogens is 508 g/mol. The molecule has 1 amide bonds. The number of methoxy groups -OCH3 is 2. The molecule has 4 aromatic rings. The highest BCUT2D eigenvalue weighted by Gasteiger charge is 2.29. The van der Waals surface area contributed by atoms with Crippen LogP contribution in [0.2, 0.25) is 0 Å². The highest BCUT2D eigenvalue weighted by molar-refractivity contribution is 7.19. The number of nitrogens with one attached hydrogen (secondary N) is 2. The van der Waals surface area contributed by atoms with Gasteiger partial charge in [-0.1, -0.05) is 0 Å². The Morgan fingerprint density at radius 3 is 2.79 bits per heavy atom. The van der Waals surface area contributed by atoms with E-state index in [1.54, 1.807) is 43.0 Å². The van der Waals surface area contributed by atoms with Gasteiger partial charge in [0.15, 0.2) is 0 Å². The van der Waals surface area contributed by atoms with Gasteiger partial charge in [-0.15, -0.1) is 11.3 Å². The fourth-order valence-corrected chi connectivity index (χ4v) is 5.91. The molecule has 5 rings (SSSR count). The van der Waals surface area contributed by atoms with E-state index in [1.807, 2.05) is 19.1 Å². The number of hydrogen-bond acceptors (Lipinski definition) is 10. The number of benzene rings is 1. The van der Waals surface area contributed by atoms with Crippen molar-refractivity contribution in [3.63, 3.8) is 0 Å². The molecule has 0 saturated heterocycles. The van der Waals surface area contributed by atoms with E-state index >= 15 is 0 Å². The first-order chi connectivity index (χ1) is 18.6. The van der Waals surface area contributed by atoms with Crippen molar-refractivity contribution in [1.29, 1.82) is 0 Å². The molecular formula is C26H32N6O5S. The minimum Gasteiger partial charge on any atom is -0.492 e. The number of hydrogen-bond donors (Lipinski definition) is 2. The Kier molecular flexibility index (Phi) is 8.20. The summed E-state index contributed by atoms with van der Waals surface area (Å²) >= 11 is 1.63. The predicted octanol–water partition coefficient (Wildman–Crippen LogP) is 4.30. The first-order valence-corrected chi connectivity index (χ1v) is 13.5. The number of thiophene rings is 1. The Hall–Kier alpha value is -3.48. The Bertz CT molecular complexity index is 1400. The lowest BCUT2D eigenvalue weighted by atomic mass is 9.94. The molecule has 0 spiro atoms. The third kappa shape index (κ3) is 5.52. The van der Waals surface area contributed by atoms with Gasteiger partial charge in [-0.05, 0) is 31.4 Å². The van der Waals surface area contributed by atoms with Gasteiger partial charge in [0.2, 0.25) is 0 Å². The van der Waals surface area contributed by atoms with Crippen molar-refractivity contribution in [1.82, 2.24) is 25.1 Å². The number of H-pyrrole nitrogens is 1. The van der Waals surface area contributed by atoms with Crippen LogP contribution in [0.5, 0.6) is 5.75 Å². The van der Waals surface area contributed by atoms with Gasteiger partial charge in [-0.2, -0.15) is 5.10 Å². The number of amides is 1. The van der Waals surface area contributed by atoms with Gasteiger partial charge >= 0.3 is 6.09 Å². The molecule has 1 atom stereocenters. The maximum Gasteiger partial charge on any atom is 0.410 e. The van der Waals surface area contributed by atoms with Crippen molar-refractivity contribution in [2.24, 2.45) is 0 Å². The fourth-order valence-electron chi connectivity index (χ4n) is 4.66. The van der Waals surface area contributed by atoms with E-state index in [0.29, 0.717) is 39.3 Å². The lowest BCUT2D eigenvalue weighted by molar-refractivity contribution is 0.0418. The van der Waals surface area contributed by atoms with Crippen LogP contribution in [0, 0.1) is 0 Å². The summed E-state index contributed by atoms with van der Waals surface area (Å²) in [6, 6.07) is 3.95. The van der Waals surface area contributed by atoms with Gasteiger partial charge in [0, 0.05) is 50.1 Å². The molecule has 38 heavy (non-hydrogen) atoms. The summed E-state index contributed by atoms with van der Waals surface area (Å²) < 4.78 is 22.1. The van der Waals surface area contributed by atoms with E-state index in [9.17, 15) is 4.79 Å². The molecule has 202 valence electrons. The Morgan fingerprint density at radius 1 is 1.21 bits per heavy atom. The Morgan fingerprint density at radius 2 is 2.03 bits per heavy atom. The van der Waals surface area contributed by atoms with Crippen LogP contribution in [0.15, 0.2) is 24.7 Å². The molecule has 2 N–H and O–H groups in total. The molecule has 1 aliphatic carbocycles. The van der Waals surface area contributed by atoms with Gasteiger partial charge in [0.1, 0.15) is 28.8 Å². The average molecular weight is 541 g/mol. The fraction of sp³-hybridized carbons (Fsp3) is 0.462. The minimum atomic E-state index is -0.339. The van der Waals surface area contributed by atoms with Gasteiger partial charge in [0.05, 0.1) is 42.6 Å². The molecule has 1 aromatic carbocycles. The van der Waals surface area contributed by atoms with Gasteiger partial charge in [0.25, 0.3) is 0 Å². The zero-order chi connectivity index (χ0) is 26.5. The highest BCUT2D eigenvalue weighted by Crippen LogP contribution is 2.41. The lowest BCUT2D eigenvalue weighted by Gasteiger charge is -2.27. The first-order valence-electron chi connectivity index (χ1n) is 12.7. The van der Waals surface area contributed by atoms with Crippen LogP contribution < -0.4 is 10.1 Å². The largest absolute Gasteiger partial charge is 0.492 e. The van der Waals surface area contributed by atoms with Crippen LogP contribution in [0.3, 0.4) is 0 Å². The van der Waals surface area contributed by atoms with Crippen molar-refractivity contribution in [2.45, 2.75) is 32.3 Å². The standard InChI is InChI=1S/C26H32N6O5S/c1-4-36-21-13-19-16(14-29-31-19)11-20(21)30-24-23-18-6-5-17(12-22(18)38-25(23)28-15-27-24)37-26(33)32(7-9-34-2)8-10-35-3/h11,13-15,17H,4-10,12H2,1-3H3,(H,29,31)(H,27,28,30). The SMILES string of the molecule is CCOc1cc2[nH]ncc2cc1Nc1ncnc2sc3c(c12)CCC(OC(=O)N(CCOC)CCOC)C3. The molecule has 3 heterocycles. The zero-order valence-electron chi connectivity index (χ0n) is 21.8. The van der Waals surface area contributed by atoms with E-state index < -0.39 is 0 Å². The number of aryl methyl sites for hydroxylation is 1. The number of anilines is 2. The van der Waals surface area contributed by atoms with Crippen molar-refractivity contribution >= 4 is 50.1 Å². The monoisotopic (exact) mass is 540 g/mol. The second kappa shape index (κ2) is 11.9.